The van der Waals surface area contributed by atoms with Crippen LogP contribution in [0, 0.1) is 6.92 Å². The van der Waals surface area contributed by atoms with Gasteiger partial charge in [-0.15, -0.1) is 11.3 Å². The molecule has 0 atom stereocenters. The number of carbonyl (C=O) groups is 1. The first-order chi connectivity index (χ1) is 11.7. The van der Waals surface area contributed by atoms with Crippen LogP contribution in [0.3, 0.4) is 0 Å². The molecule has 2 aromatic rings. The molecule has 2 heterocycles. The molecule has 1 aromatic heterocycles. The van der Waals surface area contributed by atoms with Gasteiger partial charge in [0.2, 0.25) is 0 Å². The van der Waals surface area contributed by atoms with Crippen LogP contribution in [0.1, 0.15) is 38.8 Å². The van der Waals surface area contributed by atoms with Crippen molar-refractivity contribution in [2.45, 2.75) is 32.9 Å². The quantitative estimate of drug-likeness (QED) is 0.874. The van der Waals surface area contributed by atoms with Gasteiger partial charge in [0.05, 0.1) is 19.3 Å². The van der Waals surface area contributed by atoms with E-state index in [1.165, 1.54) is 24.2 Å². The summed E-state index contributed by atoms with van der Waals surface area (Å²) in [6, 6.07) is 7.71. The summed E-state index contributed by atoms with van der Waals surface area (Å²) < 4.78 is 5.32. The fraction of sp³-hybridized carbons (Fsp3) is 0.444. The van der Waals surface area contributed by atoms with E-state index < -0.39 is 0 Å². The average Bonchev–Trinajstić information content (AvgIpc) is 3.23. The van der Waals surface area contributed by atoms with Gasteiger partial charge in [-0.25, -0.2) is 4.98 Å². The highest BCUT2D eigenvalue weighted by molar-refractivity contribution is 7.13. The van der Waals surface area contributed by atoms with Gasteiger partial charge in [0, 0.05) is 12.1 Å². The maximum absolute atomic E-state index is 12.5. The number of rotatable bonds is 6. The molecule has 5 nitrogen and oxygen atoms in total. The van der Waals surface area contributed by atoms with E-state index in [-0.39, 0.29) is 5.91 Å². The first kappa shape index (κ1) is 16.9. The molecule has 1 aromatic carbocycles. The predicted octanol–water partition coefficient (Wildman–Crippen LogP) is 2.99. The lowest BCUT2D eigenvalue weighted by atomic mass is 10.2. The number of ether oxygens (including phenoxy) is 1. The highest BCUT2D eigenvalue weighted by Gasteiger charge is 2.18. The van der Waals surface area contributed by atoms with Crippen molar-refractivity contribution in [3.05, 3.63) is 45.4 Å². The molecule has 0 aliphatic carbocycles. The molecule has 3 rings (SSSR count). The van der Waals surface area contributed by atoms with Crippen molar-refractivity contribution in [3.63, 3.8) is 0 Å². The average molecular weight is 345 g/mol. The van der Waals surface area contributed by atoms with E-state index in [2.05, 4.69) is 15.2 Å². The fourth-order valence-corrected chi connectivity index (χ4v) is 3.99. The van der Waals surface area contributed by atoms with E-state index in [4.69, 9.17) is 4.74 Å². The first-order valence-electron chi connectivity index (χ1n) is 8.26. The van der Waals surface area contributed by atoms with Gasteiger partial charge in [0.15, 0.2) is 0 Å². The number of carbonyl (C=O) groups excluding carboxylic acids is 1. The topological polar surface area (TPSA) is 54.5 Å². The molecule has 1 aliphatic heterocycles. The molecule has 0 saturated carbocycles. The fourth-order valence-electron chi connectivity index (χ4n) is 2.97. The van der Waals surface area contributed by atoms with Gasteiger partial charge < -0.3 is 10.1 Å². The van der Waals surface area contributed by atoms with Crippen molar-refractivity contribution in [3.8, 4) is 5.75 Å². The third kappa shape index (κ3) is 3.94. The van der Waals surface area contributed by atoms with Crippen molar-refractivity contribution < 1.29 is 9.53 Å². The number of hydrogen-bond acceptors (Lipinski definition) is 5. The Hall–Kier alpha value is -1.92. The van der Waals surface area contributed by atoms with Crippen molar-refractivity contribution in [1.29, 1.82) is 0 Å². The first-order valence-corrected chi connectivity index (χ1v) is 9.08. The number of benzene rings is 1. The molecular formula is C18H23N3O2S. The Morgan fingerprint density at radius 2 is 2.08 bits per heavy atom. The van der Waals surface area contributed by atoms with Gasteiger partial charge in [-0.1, -0.05) is 18.2 Å². The second kappa shape index (κ2) is 7.77. The summed E-state index contributed by atoms with van der Waals surface area (Å²) in [5.74, 6) is 0.720. The number of para-hydroxylation sites is 1. The van der Waals surface area contributed by atoms with Crippen molar-refractivity contribution in [1.82, 2.24) is 15.2 Å². The summed E-state index contributed by atoms with van der Waals surface area (Å²) in [5.41, 5.74) is 1.78. The number of nitrogens with one attached hydrogen (secondary N) is 1. The highest BCUT2D eigenvalue weighted by Crippen LogP contribution is 2.22. The molecule has 24 heavy (non-hydrogen) atoms. The number of aromatic nitrogens is 1. The maximum atomic E-state index is 12.5. The van der Waals surface area contributed by atoms with Crippen LogP contribution in [-0.2, 0) is 13.1 Å². The van der Waals surface area contributed by atoms with Crippen LogP contribution in [0.15, 0.2) is 24.3 Å². The summed E-state index contributed by atoms with van der Waals surface area (Å²) in [6.07, 6.45) is 2.52. The Morgan fingerprint density at radius 1 is 1.33 bits per heavy atom. The molecule has 1 amide bonds. The molecular weight excluding hydrogens is 322 g/mol. The third-order valence-electron chi connectivity index (χ3n) is 4.24. The van der Waals surface area contributed by atoms with Gasteiger partial charge in [-0.3, -0.25) is 9.69 Å². The zero-order valence-corrected chi connectivity index (χ0v) is 15.0. The van der Waals surface area contributed by atoms with Crippen molar-refractivity contribution in [2.75, 3.05) is 20.2 Å². The molecule has 0 radical (unpaired) electrons. The molecule has 0 spiro atoms. The van der Waals surface area contributed by atoms with E-state index in [0.717, 1.165) is 41.6 Å². The van der Waals surface area contributed by atoms with Crippen LogP contribution >= 0.6 is 11.3 Å². The second-order valence-corrected chi connectivity index (χ2v) is 7.08. The third-order valence-corrected chi connectivity index (χ3v) is 5.38. The molecule has 0 bridgehead atoms. The van der Waals surface area contributed by atoms with Crippen LogP contribution in [-0.4, -0.2) is 36.0 Å². The Kier molecular flexibility index (Phi) is 5.48. The van der Waals surface area contributed by atoms with E-state index in [1.807, 2.05) is 31.2 Å². The molecule has 1 saturated heterocycles. The van der Waals surface area contributed by atoms with Gasteiger partial charge in [0.1, 0.15) is 15.6 Å². The highest BCUT2D eigenvalue weighted by atomic mass is 32.1. The van der Waals surface area contributed by atoms with Crippen LogP contribution in [0.4, 0.5) is 0 Å². The van der Waals surface area contributed by atoms with Gasteiger partial charge >= 0.3 is 0 Å². The normalized spacial score (nSPS) is 14.8. The predicted molar refractivity (Wildman–Crippen MR) is 95.5 cm³/mol. The molecule has 6 heteroatoms. The number of methoxy groups -OCH3 is 1. The Morgan fingerprint density at radius 3 is 2.83 bits per heavy atom. The Balaban J connectivity index is 1.63. The number of thiazole rings is 1. The van der Waals surface area contributed by atoms with Gasteiger partial charge in [0.25, 0.3) is 5.91 Å². The van der Waals surface area contributed by atoms with E-state index in [0.29, 0.717) is 11.4 Å². The largest absolute Gasteiger partial charge is 0.496 e. The minimum absolute atomic E-state index is 0.0661. The number of nitrogens with zero attached hydrogens (tertiary/aromatic N) is 2. The number of aryl methyl sites for hydroxylation is 1. The number of likely N-dealkylation sites (tertiary alicyclic amines) is 1. The van der Waals surface area contributed by atoms with E-state index >= 15 is 0 Å². The SMILES string of the molecule is COc1ccccc1CNC(=O)c1sc(CN2CCCC2)nc1C. The summed E-state index contributed by atoms with van der Waals surface area (Å²) in [4.78, 5) is 20.2. The molecule has 0 unspecified atom stereocenters. The number of hydrogen-bond donors (Lipinski definition) is 1. The van der Waals surface area contributed by atoms with Gasteiger partial charge in [-0.05, 0) is 38.9 Å². The summed E-state index contributed by atoms with van der Waals surface area (Å²) in [6.45, 7) is 5.47. The van der Waals surface area contributed by atoms with Crippen LogP contribution in [0.25, 0.3) is 0 Å². The lowest BCUT2D eigenvalue weighted by Crippen LogP contribution is -2.22. The zero-order valence-electron chi connectivity index (χ0n) is 14.2. The maximum Gasteiger partial charge on any atom is 0.263 e. The summed E-state index contributed by atoms with van der Waals surface area (Å²) in [5, 5.41) is 4.00. The lowest BCUT2D eigenvalue weighted by Gasteiger charge is -2.11. The van der Waals surface area contributed by atoms with Crippen LogP contribution < -0.4 is 10.1 Å². The standard InChI is InChI=1S/C18H23N3O2S/c1-13-17(24-16(20-13)12-21-9-5-6-10-21)18(22)19-11-14-7-3-4-8-15(14)23-2/h3-4,7-8H,5-6,9-12H2,1-2H3,(H,19,22). The Bertz CT molecular complexity index is 708. The second-order valence-electron chi connectivity index (χ2n) is 6.00. The van der Waals surface area contributed by atoms with E-state index in [1.54, 1.807) is 7.11 Å². The van der Waals surface area contributed by atoms with Crippen molar-refractivity contribution >= 4 is 17.2 Å². The molecule has 1 fully saturated rings. The zero-order chi connectivity index (χ0) is 16.9. The summed E-state index contributed by atoms with van der Waals surface area (Å²) in [7, 11) is 1.64. The molecule has 1 aliphatic rings. The van der Waals surface area contributed by atoms with Crippen LogP contribution in [0.5, 0.6) is 5.75 Å². The monoisotopic (exact) mass is 345 g/mol. The summed E-state index contributed by atoms with van der Waals surface area (Å²) >= 11 is 1.50. The molecule has 1 N–H and O–H groups in total. The van der Waals surface area contributed by atoms with Crippen molar-refractivity contribution in [2.24, 2.45) is 0 Å². The van der Waals surface area contributed by atoms with Crippen LogP contribution in [0.2, 0.25) is 0 Å². The van der Waals surface area contributed by atoms with Gasteiger partial charge in [-0.2, -0.15) is 0 Å². The lowest BCUT2D eigenvalue weighted by molar-refractivity contribution is 0.0954. The van der Waals surface area contributed by atoms with E-state index in [9.17, 15) is 4.79 Å². The smallest absolute Gasteiger partial charge is 0.263 e. The minimum atomic E-state index is -0.0661. The molecule has 128 valence electrons. The number of amides is 1. The minimum Gasteiger partial charge on any atom is -0.496 e. The Labute approximate surface area is 146 Å².